The molecule has 0 N–H and O–H groups in total. The van der Waals surface area contributed by atoms with Crippen LogP contribution in [0.3, 0.4) is 0 Å². The molecule has 0 aliphatic heterocycles. The molecule has 0 radical (unpaired) electrons. The second-order valence-corrected chi connectivity index (χ2v) is 7.99. The van der Waals surface area contributed by atoms with Gasteiger partial charge >= 0.3 is 5.97 Å². The summed E-state index contributed by atoms with van der Waals surface area (Å²) in [7, 11) is 0. The van der Waals surface area contributed by atoms with Gasteiger partial charge in [-0.05, 0) is 75.4 Å². The van der Waals surface area contributed by atoms with Gasteiger partial charge in [-0.15, -0.1) is 0 Å². The smallest absolute Gasteiger partial charge is 0.359 e. The van der Waals surface area contributed by atoms with E-state index in [0.717, 1.165) is 30.7 Å². The molecule has 0 fully saturated rings. The number of ketones is 1. The first kappa shape index (κ1) is 20.3. The average Bonchev–Trinajstić information content (AvgIpc) is 3.32. The van der Waals surface area contributed by atoms with Gasteiger partial charge in [-0.25, -0.2) is 14.5 Å². The maximum Gasteiger partial charge on any atom is 0.359 e. The van der Waals surface area contributed by atoms with Crippen LogP contribution in [0.15, 0.2) is 36.4 Å². The van der Waals surface area contributed by atoms with Gasteiger partial charge < -0.3 is 4.74 Å². The Morgan fingerprint density at radius 3 is 2.60 bits per heavy atom. The van der Waals surface area contributed by atoms with Crippen molar-refractivity contribution < 1.29 is 14.3 Å². The molecule has 1 unspecified atom stereocenters. The molecule has 0 amide bonds. The lowest BCUT2D eigenvalue weighted by molar-refractivity contribution is 0.0313. The lowest BCUT2D eigenvalue weighted by atomic mass is 10.0. The molecule has 1 atom stereocenters. The topological polar surface area (TPSA) is 74.1 Å². The largest absolute Gasteiger partial charge is 0.449 e. The number of fused-ring (bicyclic) bond motifs is 1. The number of nitrogens with zero attached hydrogens (tertiary/aromatic N) is 3. The van der Waals surface area contributed by atoms with Crippen LogP contribution in [-0.2, 0) is 17.6 Å². The first-order chi connectivity index (χ1) is 14.3. The van der Waals surface area contributed by atoms with Crippen molar-refractivity contribution in [2.24, 2.45) is 0 Å². The van der Waals surface area contributed by atoms with Gasteiger partial charge in [0.2, 0.25) is 5.78 Å². The van der Waals surface area contributed by atoms with Crippen LogP contribution in [0.2, 0.25) is 5.02 Å². The fourth-order valence-corrected chi connectivity index (χ4v) is 3.97. The molecule has 2 heterocycles. The Morgan fingerprint density at radius 1 is 1.10 bits per heavy atom. The lowest BCUT2D eigenvalue weighted by Crippen LogP contribution is -2.25. The zero-order chi connectivity index (χ0) is 21.4. The van der Waals surface area contributed by atoms with E-state index in [1.54, 1.807) is 29.8 Å². The minimum Gasteiger partial charge on any atom is -0.449 e. The first-order valence-electron chi connectivity index (χ1n) is 9.90. The number of hydrogen-bond donors (Lipinski definition) is 0. The quantitative estimate of drug-likeness (QED) is 0.447. The standard InChI is InChI=1S/C23H22ClN3O3/c1-13-11-14(2)27(26-13)20-10-9-19(24)21(25-20)23(29)30-15(3)22(28)18-8-7-16-5-4-6-17(16)12-18/h7-12,15H,4-6H2,1-3H3. The predicted molar refractivity (Wildman–Crippen MR) is 114 cm³/mol. The molecule has 0 bridgehead atoms. The Balaban J connectivity index is 1.54. The minimum atomic E-state index is -0.952. The highest BCUT2D eigenvalue weighted by Crippen LogP contribution is 2.24. The number of halogens is 1. The zero-order valence-electron chi connectivity index (χ0n) is 17.1. The molecule has 0 spiro atoms. The Morgan fingerprint density at radius 2 is 1.87 bits per heavy atom. The van der Waals surface area contributed by atoms with Gasteiger partial charge in [0.25, 0.3) is 0 Å². The molecule has 1 aliphatic carbocycles. The van der Waals surface area contributed by atoms with E-state index in [1.165, 1.54) is 11.1 Å². The van der Waals surface area contributed by atoms with Crippen molar-refractivity contribution in [3.8, 4) is 5.82 Å². The van der Waals surface area contributed by atoms with Gasteiger partial charge in [0.05, 0.1) is 10.7 Å². The number of hydrogen-bond acceptors (Lipinski definition) is 5. The summed E-state index contributed by atoms with van der Waals surface area (Å²) in [4.78, 5) is 29.8. The van der Waals surface area contributed by atoms with Crippen LogP contribution in [0.4, 0.5) is 0 Å². The lowest BCUT2D eigenvalue weighted by Gasteiger charge is -2.14. The summed E-state index contributed by atoms with van der Waals surface area (Å²) in [6.45, 7) is 5.33. The van der Waals surface area contributed by atoms with E-state index >= 15 is 0 Å². The van der Waals surface area contributed by atoms with Crippen LogP contribution in [0.1, 0.15) is 56.7 Å². The van der Waals surface area contributed by atoms with Gasteiger partial charge in [0.1, 0.15) is 0 Å². The van der Waals surface area contributed by atoms with Crippen LogP contribution < -0.4 is 0 Å². The van der Waals surface area contributed by atoms with E-state index in [0.29, 0.717) is 11.4 Å². The molecule has 1 aliphatic rings. The fraction of sp³-hybridized carbons (Fsp3) is 0.304. The number of pyridine rings is 1. The van der Waals surface area contributed by atoms with Crippen LogP contribution in [0, 0.1) is 13.8 Å². The molecule has 30 heavy (non-hydrogen) atoms. The Labute approximate surface area is 179 Å². The molecule has 6 nitrogen and oxygen atoms in total. The summed E-state index contributed by atoms with van der Waals surface area (Å²) < 4.78 is 7.04. The molecule has 154 valence electrons. The van der Waals surface area contributed by atoms with Crippen molar-refractivity contribution in [2.75, 3.05) is 0 Å². The van der Waals surface area contributed by atoms with Gasteiger partial charge in [-0.1, -0.05) is 23.7 Å². The highest BCUT2D eigenvalue weighted by atomic mass is 35.5. The van der Waals surface area contributed by atoms with Crippen LogP contribution in [-0.4, -0.2) is 32.6 Å². The molecule has 3 aromatic rings. The van der Waals surface area contributed by atoms with Crippen LogP contribution >= 0.6 is 11.6 Å². The molecule has 7 heteroatoms. The average molecular weight is 424 g/mol. The SMILES string of the molecule is Cc1cc(C)n(-c2ccc(Cl)c(C(=O)OC(C)C(=O)c3ccc4c(c3)CCC4)n2)n1. The maximum absolute atomic E-state index is 12.8. The van der Waals surface area contributed by atoms with Crippen molar-refractivity contribution in [3.63, 3.8) is 0 Å². The number of aromatic nitrogens is 3. The maximum atomic E-state index is 12.8. The highest BCUT2D eigenvalue weighted by molar-refractivity contribution is 6.33. The second kappa shape index (κ2) is 8.03. The number of ether oxygens (including phenoxy) is 1. The third-order valence-electron chi connectivity index (χ3n) is 5.29. The van der Waals surface area contributed by atoms with Gasteiger partial charge in [0.15, 0.2) is 17.6 Å². The van der Waals surface area contributed by atoms with E-state index in [2.05, 4.69) is 10.1 Å². The predicted octanol–water partition coefficient (Wildman–Crippen LogP) is 4.45. The molecule has 0 saturated carbocycles. The fourth-order valence-electron chi connectivity index (χ4n) is 3.78. The van der Waals surface area contributed by atoms with Gasteiger partial charge in [0, 0.05) is 11.3 Å². The highest BCUT2D eigenvalue weighted by Gasteiger charge is 2.24. The van der Waals surface area contributed by atoms with Crippen molar-refractivity contribution >= 4 is 23.4 Å². The number of carbonyl (C=O) groups excluding carboxylic acids is 2. The normalized spacial score (nSPS) is 13.7. The number of carbonyl (C=O) groups is 2. The van der Waals surface area contributed by atoms with E-state index in [-0.39, 0.29) is 16.5 Å². The number of rotatable bonds is 5. The molecule has 2 aromatic heterocycles. The summed E-state index contributed by atoms with van der Waals surface area (Å²) in [5.41, 5.74) is 4.69. The minimum absolute atomic E-state index is 0.0460. The number of aryl methyl sites for hydroxylation is 4. The number of benzene rings is 1. The summed E-state index contributed by atoms with van der Waals surface area (Å²) in [6, 6.07) is 10.9. The molecular formula is C23H22ClN3O3. The van der Waals surface area contributed by atoms with Crippen molar-refractivity contribution in [2.45, 2.75) is 46.1 Å². The van der Waals surface area contributed by atoms with E-state index in [4.69, 9.17) is 16.3 Å². The van der Waals surface area contributed by atoms with Crippen molar-refractivity contribution in [1.82, 2.24) is 14.8 Å². The number of Topliss-reactive ketones (excluding diaryl/α,β-unsaturated/α-hetero) is 1. The van der Waals surface area contributed by atoms with Crippen molar-refractivity contribution in [1.29, 1.82) is 0 Å². The molecule has 0 saturated heterocycles. The van der Waals surface area contributed by atoms with E-state index in [9.17, 15) is 9.59 Å². The van der Waals surface area contributed by atoms with Gasteiger partial charge in [-0.2, -0.15) is 5.10 Å². The van der Waals surface area contributed by atoms with Crippen molar-refractivity contribution in [3.05, 3.63) is 75.2 Å². The second-order valence-electron chi connectivity index (χ2n) is 7.59. The Bertz CT molecular complexity index is 1150. The summed E-state index contributed by atoms with van der Waals surface area (Å²) in [5.74, 6) is -0.538. The third-order valence-corrected chi connectivity index (χ3v) is 5.59. The Hall–Kier alpha value is -2.99. The number of esters is 1. The monoisotopic (exact) mass is 423 g/mol. The first-order valence-corrected chi connectivity index (χ1v) is 10.3. The van der Waals surface area contributed by atoms with E-state index in [1.807, 2.05) is 32.0 Å². The molecule has 4 rings (SSSR count). The van der Waals surface area contributed by atoms with Crippen LogP contribution in [0.5, 0.6) is 0 Å². The Kier molecular flexibility index (Phi) is 5.43. The zero-order valence-corrected chi connectivity index (χ0v) is 17.9. The molecule has 1 aromatic carbocycles. The van der Waals surface area contributed by atoms with Crippen LogP contribution in [0.25, 0.3) is 5.82 Å². The summed E-state index contributed by atoms with van der Waals surface area (Å²) in [6.07, 6.45) is 2.17. The van der Waals surface area contributed by atoms with E-state index < -0.39 is 12.1 Å². The summed E-state index contributed by atoms with van der Waals surface area (Å²) in [5, 5.41) is 4.53. The molecular weight excluding hydrogens is 402 g/mol. The summed E-state index contributed by atoms with van der Waals surface area (Å²) >= 11 is 6.19. The third kappa shape index (κ3) is 3.87. The van der Waals surface area contributed by atoms with Gasteiger partial charge in [-0.3, -0.25) is 4.79 Å².